The number of carbonyl (C=O) groups excluding carboxylic acids is 1. The van der Waals surface area contributed by atoms with Gasteiger partial charge < -0.3 is 14.7 Å². The molecule has 1 amide bonds. The number of rotatable bonds is 3. The molecule has 1 saturated heterocycles. The fourth-order valence-electron chi connectivity index (χ4n) is 2.92. The second-order valence-electron chi connectivity index (χ2n) is 5.94. The molecular formula is C16H19NO4. The van der Waals surface area contributed by atoms with Crippen molar-refractivity contribution in [1.29, 1.82) is 0 Å². The number of carboxylic acid groups (broad SMARTS) is 1. The largest absolute Gasteiger partial charge is 0.480 e. The van der Waals surface area contributed by atoms with Crippen LogP contribution >= 0.6 is 0 Å². The van der Waals surface area contributed by atoms with E-state index in [-0.39, 0.29) is 18.1 Å². The second-order valence-corrected chi connectivity index (χ2v) is 5.94. The van der Waals surface area contributed by atoms with Crippen LogP contribution in [-0.4, -0.2) is 41.1 Å². The molecule has 2 aliphatic rings. The summed E-state index contributed by atoms with van der Waals surface area (Å²) >= 11 is 0. The lowest BCUT2D eigenvalue weighted by atomic mass is 10.0. The molecule has 1 aromatic rings. The Morgan fingerprint density at radius 2 is 1.90 bits per heavy atom. The minimum Gasteiger partial charge on any atom is -0.480 e. The fraction of sp³-hybridized carbons (Fsp3) is 0.500. The molecule has 0 spiro atoms. The van der Waals surface area contributed by atoms with Crippen molar-refractivity contribution in [3.63, 3.8) is 0 Å². The van der Waals surface area contributed by atoms with Gasteiger partial charge in [0.2, 0.25) is 5.91 Å². The molecule has 1 N–H and O–H groups in total. The Balaban J connectivity index is 1.78. The Hall–Kier alpha value is -1.88. The van der Waals surface area contributed by atoms with Crippen LogP contribution in [0.25, 0.3) is 0 Å². The molecule has 0 aromatic heterocycles. The molecule has 5 nitrogen and oxygen atoms in total. The third-order valence-electron chi connectivity index (χ3n) is 4.29. The lowest BCUT2D eigenvalue weighted by Gasteiger charge is -2.38. The first-order chi connectivity index (χ1) is 10.0. The zero-order chi connectivity index (χ0) is 15.0. The van der Waals surface area contributed by atoms with E-state index in [4.69, 9.17) is 4.74 Å². The summed E-state index contributed by atoms with van der Waals surface area (Å²) in [5.41, 5.74) is -0.153. The maximum atomic E-state index is 12.5. The standard InChI is InChI=1S/C16H19NO4/c1-11-9-17(14(18)16(7-8-16)15(19)20)10-13(21-11)12-5-3-2-4-6-12/h2-6,11,13H,7-10H2,1H3,(H,19,20)/t11-,13+/m1/s1. The highest BCUT2D eigenvalue weighted by atomic mass is 16.5. The molecule has 0 radical (unpaired) electrons. The molecule has 1 saturated carbocycles. The van der Waals surface area contributed by atoms with E-state index in [2.05, 4.69) is 0 Å². The van der Waals surface area contributed by atoms with Gasteiger partial charge in [0.05, 0.1) is 12.6 Å². The van der Waals surface area contributed by atoms with Gasteiger partial charge in [-0.3, -0.25) is 9.59 Å². The van der Waals surface area contributed by atoms with Crippen molar-refractivity contribution in [3.05, 3.63) is 35.9 Å². The van der Waals surface area contributed by atoms with Crippen molar-refractivity contribution >= 4 is 11.9 Å². The first-order valence-electron chi connectivity index (χ1n) is 7.26. The lowest BCUT2D eigenvalue weighted by molar-refractivity contribution is -0.160. The number of amides is 1. The number of hydrogen-bond donors (Lipinski definition) is 1. The zero-order valence-electron chi connectivity index (χ0n) is 12.0. The average molecular weight is 289 g/mol. The quantitative estimate of drug-likeness (QED) is 0.862. The zero-order valence-corrected chi connectivity index (χ0v) is 12.0. The molecule has 1 aliphatic carbocycles. The van der Waals surface area contributed by atoms with Gasteiger partial charge in [-0.1, -0.05) is 30.3 Å². The summed E-state index contributed by atoms with van der Waals surface area (Å²) in [6.45, 7) is 2.79. The van der Waals surface area contributed by atoms with Crippen LogP contribution in [0.15, 0.2) is 30.3 Å². The Morgan fingerprint density at radius 3 is 2.48 bits per heavy atom. The van der Waals surface area contributed by atoms with Crippen molar-refractivity contribution < 1.29 is 19.4 Å². The molecule has 1 aliphatic heterocycles. The predicted molar refractivity (Wildman–Crippen MR) is 75.6 cm³/mol. The van der Waals surface area contributed by atoms with Gasteiger partial charge in [-0.25, -0.2) is 0 Å². The number of carboxylic acids is 1. The van der Waals surface area contributed by atoms with Crippen LogP contribution in [0, 0.1) is 5.41 Å². The molecule has 0 bridgehead atoms. The maximum Gasteiger partial charge on any atom is 0.319 e. The molecule has 0 unspecified atom stereocenters. The van der Waals surface area contributed by atoms with E-state index in [1.165, 1.54) is 0 Å². The van der Waals surface area contributed by atoms with Crippen LogP contribution in [0.2, 0.25) is 0 Å². The average Bonchev–Trinajstić information content (AvgIpc) is 3.28. The minimum atomic E-state index is -1.17. The number of benzene rings is 1. The van der Waals surface area contributed by atoms with Gasteiger partial charge >= 0.3 is 5.97 Å². The number of ether oxygens (including phenoxy) is 1. The SMILES string of the molecule is C[C@@H]1CN(C(=O)C2(C(=O)O)CC2)C[C@@H](c2ccccc2)O1. The van der Waals surface area contributed by atoms with E-state index >= 15 is 0 Å². The monoisotopic (exact) mass is 289 g/mol. The molecule has 5 heteroatoms. The highest BCUT2D eigenvalue weighted by molar-refractivity contribution is 6.04. The van der Waals surface area contributed by atoms with Gasteiger partial charge in [0.15, 0.2) is 0 Å². The summed E-state index contributed by atoms with van der Waals surface area (Å²) in [7, 11) is 0. The van der Waals surface area contributed by atoms with Gasteiger partial charge in [0.25, 0.3) is 0 Å². The second kappa shape index (κ2) is 5.15. The van der Waals surface area contributed by atoms with Crippen molar-refractivity contribution in [2.24, 2.45) is 5.41 Å². The number of hydrogen-bond acceptors (Lipinski definition) is 3. The number of nitrogens with zero attached hydrogens (tertiary/aromatic N) is 1. The number of carbonyl (C=O) groups is 2. The van der Waals surface area contributed by atoms with Gasteiger partial charge in [-0.15, -0.1) is 0 Å². The Morgan fingerprint density at radius 1 is 1.24 bits per heavy atom. The van der Waals surface area contributed by atoms with Gasteiger partial charge in [-0.05, 0) is 25.3 Å². The van der Waals surface area contributed by atoms with Crippen LogP contribution in [0.3, 0.4) is 0 Å². The Labute approximate surface area is 123 Å². The van der Waals surface area contributed by atoms with Crippen LogP contribution in [0.1, 0.15) is 31.4 Å². The normalized spacial score (nSPS) is 27.2. The van der Waals surface area contributed by atoms with E-state index in [0.29, 0.717) is 25.9 Å². The van der Waals surface area contributed by atoms with Crippen molar-refractivity contribution in [3.8, 4) is 0 Å². The molecule has 1 heterocycles. The van der Waals surface area contributed by atoms with Crippen LogP contribution in [-0.2, 0) is 14.3 Å². The topological polar surface area (TPSA) is 66.8 Å². The van der Waals surface area contributed by atoms with E-state index in [9.17, 15) is 14.7 Å². The van der Waals surface area contributed by atoms with Crippen molar-refractivity contribution in [2.45, 2.75) is 32.0 Å². The minimum absolute atomic E-state index is 0.0995. The van der Waals surface area contributed by atoms with Crippen molar-refractivity contribution in [1.82, 2.24) is 4.90 Å². The van der Waals surface area contributed by atoms with Gasteiger partial charge in [-0.2, -0.15) is 0 Å². The molecular weight excluding hydrogens is 270 g/mol. The molecule has 3 rings (SSSR count). The summed E-state index contributed by atoms with van der Waals surface area (Å²) in [6.07, 6.45) is 0.604. The smallest absolute Gasteiger partial charge is 0.319 e. The summed E-state index contributed by atoms with van der Waals surface area (Å²) in [4.78, 5) is 25.5. The molecule has 2 fully saturated rings. The van der Waals surface area contributed by atoms with Crippen molar-refractivity contribution in [2.75, 3.05) is 13.1 Å². The highest BCUT2D eigenvalue weighted by Crippen LogP contribution is 2.48. The first-order valence-corrected chi connectivity index (χ1v) is 7.26. The Bertz CT molecular complexity index is 553. The third-order valence-corrected chi connectivity index (χ3v) is 4.29. The van der Waals surface area contributed by atoms with Crippen LogP contribution in [0.4, 0.5) is 0 Å². The number of aliphatic carboxylic acids is 1. The first kappa shape index (κ1) is 14.1. The van der Waals surface area contributed by atoms with Gasteiger partial charge in [0, 0.05) is 6.54 Å². The third kappa shape index (κ3) is 2.53. The number of morpholine rings is 1. The fourth-order valence-corrected chi connectivity index (χ4v) is 2.92. The maximum absolute atomic E-state index is 12.5. The van der Waals surface area contributed by atoms with E-state index in [1.807, 2.05) is 37.3 Å². The molecule has 2 atom stereocenters. The predicted octanol–water partition coefficient (Wildman–Crippen LogP) is 1.84. The molecule has 1 aromatic carbocycles. The summed E-state index contributed by atoms with van der Waals surface area (Å²) < 4.78 is 5.90. The molecule has 21 heavy (non-hydrogen) atoms. The lowest BCUT2D eigenvalue weighted by Crippen LogP contribution is -2.50. The van der Waals surface area contributed by atoms with Gasteiger partial charge in [0.1, 0.15) is 11.5 Å². The Kier molecular flexibility index (Phi) is 3.45. The molecule has 112 valence electrons. The van der Waals surface area contributed by atoms with E-state index < -0.39 is 11.4 Å². The summed E-state index contributed by atoms with van der Waals surface area (Å²) in [5.74, 6) is -1.26. The van der Waals surface area contributed by atoms with E-state index in [1.54, 1.807) is 4.90 Å². The summed E-state index contributed by atoms with van der Waals surface area (Å²) in [5, 5.41) is 9.27. The van der Waals surface area contributed by atoms with E-state index in [0.717, 1.165) is 5.56 Å². The summed E-state index contributed by atoms with van der Waals surface area (Å²) in [6, 6.07) is 9.74. The highest BCUT2D eigenvalue weighted by Gasteiger charge is 2.59. The van der Waals surface area contributed by atoms with Crippen LogP contribution < -0.4 is 0 Å². The van der Waals surface area contributed by atoms with Crippen LogP contribution in [0.5, 0.6) is 0 Å².